The Balaban J connectivity index is 2.50. The lowest BCUT2D eigenvalue weighted by Gasteiger charge is -2.26. The van der Waals surface area contributed by atoms with Crippen molar-refractivity contribution in [3.05, 3.63) is 60.7 Å². The molecule has 23 heavy (non-hydrogen) atoms. The van der Waals surface area contributed by atoms with Crippen LogP contribution in [-0.4, -0.2) is 25.8 Å². The third-order valence-corrected chi connectivity index (χ3v) is 7.76. The standard InChI is InChI=1S/C19H25NO2P/c1-3-4-15-20-23(16-19(21)22-2,17-11-7-5-8-12-17)18-13-9-6-10-14-18/h5-14,20H,3-4,15-16H2,1-2H3/q+1. The molecule has 122 valence electrons. The zero-order valence-electron chi connectivity index (χ0n) is 13.9. The summed E-state index contributed by atoms with van der Waals surface area (Å²) in [5, 5.41) is 6.12. The predicted molar refractivity (Wildman–Crippen MR) is 98.9 cm³/mol. The second-order valence-electron chi connectivity index (χ2n) is 5.48. The number of ether oxygens (including phenoxy) is 1. The molecule has 0 spiro atoms. The Hall–Kier alpha value is -1.70. The van der Waals surface area contributed by atoms with E-state index in [0.717, 1.165) is 19.4 Å². The maximum absolute atomic E-state index is 12.2. The van der Waals surface area contributed by atoms with Crippen LogP contribution in [0.5, 0.6) is 0 Å². The molecule has 0 unspecified atom stereocenters. The number of esters is 1. The Morgan fingerprint density at radius 3 is 1.96 bits per heavy atom. The molecule has 0 saturated carbocycles. The van der Waals surface area contributed by atoms with Crippen molar-refractivity contribution in [2.75, 3.05) is 19.8 Å². The molecule has 0 saturated heterocycles. The van der Waals surface area contributed by atoms with E-state index in [1.165, 1.54) is 17.7 Å². The summed E-state index contributed by atoms with van der Waals surface area (Å²) >= 11 is 0. The first-order chi connectivity index (χ1) is 11.2. The highest BCUT2D eigenvalue weighted by molar-refractivity contribution is 7.88. The molecule has 0 bridgehead atoms. The first-order valence-electron chi connectivity index (χ1n) is 8.04. The van der Waals surface area contributed by atoms with Gasteiger partial charge < -0.3 is 4.74 Å². The van der Waals surface area contributed by atoms with Gasteiger partial charge in [0, 0.05) is 6.54 Å². The Morgan fingerprint density at radius 2 is 1.52 bits per heavy atom. The van der Waals surface area contributed by atoms with E-state index in [9.17, 15) is 4.79 Å². The zero-order chi connectivity index (χ0) is 16.5. The van der Waals surface area contributed by atoms with Gasteiger partial charge >= 0.3 is 5.97 Å². The number of benzene rings is 2. The van der Waals surface area contributed by atoms with Gasteiger partial charge in [-0.2, -0.15) is 5.09 Å². The Kier molecular flexibility index (Phi) is 6.76. The van der Waals surface area contributed by atoms with Crippen LogP contribution in [0.15, 0.2) is 60.7 Å². The summed E-state index contributed by atoms with van der Waals surface area (Å²) in [4.78, 5) is 12.2. The Labute approximate surface area is 139 Å². The summed E-state index contributed by atoms with van der Waals surface area (Å²) in [6.07, 6.45) is 2.58. The molecular formula is C19H25NO2P+. The third-order valence-electron chi connectivity index (χ3n) is 3.90. The van der Waals surface area contributed by atoms with Crippen LogP contribution in [0.4, 0.5) is 0 Å². The molecule has 0 fully saturated rings. The second-order valence-corrected chi connectivity index (χ2v) is 8.76. The van der Waals surface area contributed by atoms with Crippen molar-refractivity contribution in [2.45, 2.75) is 19.8 Å². The van der Waals surface area contributed by atoms with Gasteiger partial charge in [-0.15, -0.1) is 0 Å². The molecular weight excluding hydrogens is 305 g/mol. The molecule has 0 aliphatic heterocycles. The molecule has 2 aromatic rings. The fourth-order valence-corrected chi connectivity index (χ4v) is 6.20. The molecule has 1 N–H and O–H groups in total. The highest BCUT2D eigenvalue weighted by atomic mass is 31.2. The molecule has 0 aliphatic rings. The van der Waals surface area contributed by atoms with Crippen LogP contribution < -0.4 is 15.7 Å². The first kappa shape index (κ1) is 17.7. The molecule has 0 heterocycles. The lowest BCUT2D eigenvalue weighted by molar-refractivity contribution is -0.137. The summed E-state index contributed by atoms with van der Waals surface area (Å²) in [5.41, 5.74) is 0. The topological polar surface area (TPSA) is 38.3 Å². The number of nitrogens with one attached hydrogen (secondary N) is 1. The van der Waals surface area contributed by atoms with Gasteiger partial charge in [0.1, 0.15) is 10.6 Å². The van der Waals surface area contributed by atoms with Crippen molar-refractivity contribution in [2.24, 2.45) is 0 Å². The predicted octanol–water partition coefficient (Wildman–Crippen LogP) is 3.13. The molecule has 3 nitrogen and oxygen atoms in total. The maximum atomic E-state index is 12.2. The van der Waals surface area contributed by atoms with Crippen LogP contribution in [-0.2, 0) is 9.53 Å². The van der Waals surface area contributed by atoms with Gasteiger partial charge in [0.2, 0.25) is 0 Å². The van der Waals surface area contributed by atoms with E-state index in [4.69, 9.17) is 4.74 Å². The van der Waals surface area contributed by atoms with E-state index >= 15 is 0 Å². The van der Waals surface area contributed by atoms with Gasteiger partial charge in [-0.25, -0.2) is 4.79 Å². The number of methoxy groups -OCH3 is 1. The SMILES string of the molecule is CCCCN[P+](CC(=O)OC)(c1ccccc1)c1ccccc1. The number of hydrogen-bond acceptors (Lipinski definition) is 3. The minimum Gasteiger partial charge on any atom is -0.466 e. The Bertz CT molecular complexity index is 562. The van der Waals surface area contributed by atoms with Crippen LogP contribution in [0.1, 0.15) is 19.8 Å². The number of hydrogen-bond donors (Lipinski definition) is 1. The van der Waals surface area contributed by atoms with Crippen molar-refractivity contribution in [1.82, 2.24) is 5.09 Å². The molecule has 0 aromatic heterocycles. The monoisotopic (exact) mass is 330 g/mol. The molecule has 2 aromatic carbocycles. The summed E-state index contributed by atoms with van der Waals surface area (Å²) in [7, 11) is -0.570. The minimum atomic E-state index is -2.03. The number of unbranched alkanes of at least 4 members (excludes halogenated alkanes) is 1. The molecule has 0 atom stereocenters. The maximum Gasteiger partial charge on any atom is 0.346 e. The lowest BCUT2D eigenvalue weighted by atomic mass is 10.3. The fraction of sp³-hybridized carbons (Fsp3) is 0.316. The van der Waals surface area contributed by atoms with Crippen LogP contribution in [0.25, 0.3) is 0 Å². The van der Waals surface area contributed by atoms with Gasteiger partial charge in [0.15, 0.2) is 13.6 Å². The van der Waals surface area contributed by atoms with Crippen molar-refractivity contribution in [3.8, 4) is 0 Å². The third kappa shape index (κ3) is 4.40. The van der Waals surface area contributed by atoms with E-state index in [2.05, 4.69) is 36.3 Å². The zero-order valence-corrected chi connectivity index (χ0v) is 14.8. The normalized spacial score (nSPS) is 11.2. The van der Waals surface area contributed by atoms with Crippen molar-refractivity contribution >= 4 is 24.0 Å². The van der Waals surface area contributed by atoms with E-state index in [-0.39, 0.29) is 5.97 Å². The number of rotatable bonds is 8. The van der Waals surface area contributed by atoms with Crippen molar-refractivity contribution in [3.63, 3.8) is 0 Å². The summed E-state index contributed by atoms with van der Waals surface area (Å²) in [6.45, 7) is 3.07. The molecule has 2 rings (SSSR count). The number of carbonyl (C=O) groups excluding carboxylic acids is 1. The molecule has 0 amide bonds. The van der Waals surface area contributed by atoms with Gasteiger partial charge in [-0.05, 0) is 30.7 Å². The highest BCUT2D eigenvalue weighted by Crippen LogP contribution is 2.52. The molecule has 0 radical (unpaired) electrons. The first-order valence-corrected chi connectivity index (χ1v) is 10.0. The van der Waals surface area contributed by atoms with Crippen LogP contribution in [0, 0.1) is 0 Å². The van der Waals surface area contributed by atoms with Crippen LogP contribution in [0.2, 0.25) is 0 Å². The van der Waals surface area contributed by atoms with Gasteiger partial charge in [0.25, 0.3) is 0 Å². The van der Waals surface area contributed by atoms with E-state index in [1.807, 2.05) is 36.4 Å². The summed E-state index contributed by atoms with van der Waals surface area (Å²) in [6, 6.07) is 20.6. The molecule has 0 aliphatic carbocycles. The highest BCUT2D eigenvalue weighted by Gasteiger charge is 2.45. The average molecular weight is 330 g/mol. The van der Waals surface area contributed by atoms with Crippen molar-refractivity contribution < 1.29 is 9.53 Å². The fourth-order valence-electron chi connectivity index (χ4n) is 2.64. The second kappa shape index (κ2) is 8.81. The largest absolute Gasteiger partial charge is 0.466 e. The van der Waals surface area contributed by atoms with Crippen molar-refractivity contribution in [1.29, 1.82) is 0 Å². The molecule has 4 heteroatoms. The summed E-state index contributed by atoms with van der Waals surface area (Å²) in [5.74, 6) is -0.171. The minimum absolute atomic E-state index is 0.171. The quantitative estimate of drug-likeness (QED) is 0.459. The van der Waals surface area contributed by atoms with Crippen LogP contribution >= 0.6 is 7.41 Å². The van der Waals surface area contributed by atoms with Gasteiger partial charge in [-0.1, -0.05) is 49.7 Å². The lowest BCUT2D eigenvalue weighted by Crippen LogP contribution is -2.38. The number of carbonyl (C=O) groups is 1. The Morgan fingerprint density at radius 1 is 1.00 bits per heavy atom. The average Bonchev–Trinajstić information content (AvgIpc) is 2.62. The van der Waals surface area contributed by atoms with E-state index < -0.39 is 7.41 Å². The van der Waals surface area contributed by atoms with E-state index in [0.29, 0.717) is 6.16 Å². The summed E-state index contributed by atoms with van der Waals surface area (Å²) < 4.78 is 5.00. The van der Waals surface area contributed by atoms with Gasteiger partial charge in [-0.3, -0.25) is 0 Å². The van der Waals surface area contributed by atoms with Gasteiger partial charge in [0.05, 0.1) is 7.11 Å². The van der Waals surface area contributed by atoms with Crippen LogP contribution in [0.3, 0.4) is 0 Å². The smallest absolute Gasteiger partial charge is 0.346 e. The van der Waals surface area contributed by atoms with E-state index in [1.54, 1.807) is 0 Å².